The zero-order chi connectivity index (χ0) is 24.2. The van der Waals surface area contributed by atoms with Crippen molar-refractivity contribution < 1.29 is 13.2 Å². The second kappa shape index (κ2) is 10.7. The van der Waals surface area contributed by atoms with Crippen LogP contribution >= 0.6 is 11.8 Å². The van der Waals surface area contributed by atoms with Crippen molar-refractivity contribution in [2.24, 2.45) is 0 Å². The number of imidazole rings is 1. The second-order valence-electron chi connectivity index (χ2n) is 7.68. The fraction of sp³-hybridized carbons (Fsp3) is 0.417. The van der Waals surface area contributed by atoms with Gasteiger partial charge in [-0.05, 0) is 56.2 Å². The molecule has 0 aliphatic rings. The molecule has 33 heavy (non-hydrogen) atoms. The van der Waals surface area contributed by atoms with Gasteiger partial charge in [0.05, 0.1) is 21.2 Å². The van der Waals surface area contributed by atoms with Crippen LogP contribution in [-0.4, -0.2) is 46.5 Å². The minimum Gasteiger partial charge on any atom is -0.325 e. The molecule has 1 N–H and O–H groups in total. The highest BCUT2D eigenvalue weighted by molar-refractivity contribution is 8.00. The summed E-state index contributed by atoms with van der Waals surface area (Å²) in [6.45, 7) is 11.1. The predicted octanol–water partition coefficient (Wildman–Crippen LogP) is 4.77. The number of nitrogens with zero attached hydrogens (tertiary/aromatic N) is 3. The van der Waals surface area contributed by atoms with Gasteiger partial charge >= 0.3 is 0 Å². The molecule has 3 aromatic rings. The molecule has 0 saturated heterocycles. The number of fused-ring (bicyclic) bond motifs is 1. The average Bonchev–Trinajstić information content (AvgIpc) is 3.16. The maximum atomic E-state index is 12.9. The molecule has 0 saturated carbocycles. The van der Waals surface area contributed by atoms with E-state index in [0.29, 0.717) is 30.3 Å². The smallest absolute Gasteiger partial charge is 0.243 e. The lowest BCUT2D eigenvalue weighted by Gasteiger charge is -2.18. The van der Waals surface area contributed by atoms with Gasteiger partial charge in [-0.15, -0.1) is 0 Å². The minimum atomic E-state index is -3.57. The number of nitrogens with one attached hydrogen (secondary N) is 1. The van der Waals surface area contributed by atoms with Gasteiger partial charge in [0.2, 0.25) is 15.9 Å². The van der Waals surface area contributed by atoms with Gasteiger partial charge in [0, 0.05) is 25.3 Å². The topological polar surface area (TPSA) is 84.3 Å². The molecule has 1 heterocycles. The molecule has 178 valence electrons. The summed E-state index contributed by atoms with van der Waals surface area (Å²) in [6, 6.07) is 12.9. The normalized spacial score (nSPS) is 12.9. The van der Waals surface area contributed by atoms with Gasteiger partial charge in [0.15, 0.2) is 5.16 Å². The third-order valence-corrected chi connectivity index (χ3v) is 8.76. The summed E-state index contributed by atoms with van der Waals surface area (Å²) in [7, 11) is -3.57. The number of rotatable bonds is 10. The maximum Gasteiger partial charge on any atom is 0.243 e. The van der Waals surface area contributed by atoms with Crippen molar-refractivity contribution in [3.05, 3.63) is 48.0 Å². The molecular formula is C24H32N4O3S2. The molecule has 1 unspecified atom stereocenters. The first kappa shape index (κ1) is 25.3. The highest BCUT2D eigenvalue weighted by atomic mass is 32.2. The van der Waals surface area contributed by atoms with E-state index in [0.717, 1.165) is 17.6 Å². The molecule has 0 aliphatic heterocycles. The number of benzene rings is 2. The van der Waals surface area contributed by atoms with E-state index in [1.165, 1.54) is 21.6 Å². The van der Waals surface area contributed by atoms with Crippen LogP contribution < -0.4 is 5.32 Å². The highest BCUT2D eigenvalue weighted by Crippen LogP contribution is 2.30. The van der Waals surface area contributed by atoms with E-state index in [2.05, 4.69) is 17.2 Å². The maximum absolute atomic E-state index is 12.9. The Balaban J connectivity index is 1.84. The van der Waals surface area contributed by atoms with Gasteiger partial charge in [-0.3, -0.25) is 4.79 Å². The molecule has 9 heteroatoms. The lowest BCUT2D eigenvalue weighted by Crippen LogP contribution is -2.30. The van der Waals surface area contributed by atoms with E-state index < -0.39 is 10.0 Å². The van der Waals surface area contributed by atoms with Crippen molar-refractivity contribution in [3.63, 3.8) is 0 Å². The van der Waals surface area contributed by atoms with E-state index in [1.807, 2.05) is 56.5 Å². The SMILES string of the molecule is CCc1ccc(NC(=O)C(C)Sc2nc3cc(S(=O)(=O)N(CC)CC)ccc3n2CC)cc1. The van der Waals surface area contributed by atoms with E-state index in [4.69, 9.17) is 0 Å². The van der Waals surface area contributed by atoms with E-state index >= 15 is 0 Å². The van der Waals surface area contributed by atoms with Gasteiger partial charge in [0.25, 0.3) is 0 Å². The number of sulfonamides is 1. The Bertz CT molecular complexity index is 1220. The van der Waals surface area contributed by atoms with Crippen LogP contribution in [0.2, 0.25) is 0 Å². The van der Waals surface area contributed by atoms with Crippen LogP contribution in [0.5, 0.6) is 0 Å². The number of amides is 1. The lowest BCUT2D eigenvalue weighted by molar-refractivity contribution is -0.115. The number of anilines is 1. The zero-order valence-corrected chi connectivity index (χ0v) is 21.5. The van der Waals surface area contributed by atoms with Crippen LogP contribution in [0, 0.1) is 0 Å². The van der Waals surface area contributed by atoms with Crippen LogP contribution in [0.3, 0.4) is 0 Å². The second-order valence-corrected chi connectivity index (χ2v) is 10.9. The quantitative estimate of drug-likeness (QED) is 0.416. The standard InChI is InChI=1S/C24H32N4O3S2/c1-6-18-10-12-19(13-11-18)25-23(29)17(5)32-24-26-21-16-20(14-15-22(21)28(24)9-4)33(30,31)27(7-2)8-3/h10-17H,6-9H2,1-5H3,(H,25,29). The number of aromatic nitrogens is 2. The average molecular weight is 489 g/mol. The van der Waals surface area contributed by atoms with Crippen LogP contribution in [0.4, 0.5) is 5.69 Å². The number of carbonyl (C=O) groups is 1. The van der Waals surface area contributed by atoms with Crippen LogP contribution in [0.15, 0.2) is 52.5 Å². The minimum absolute atomic E-state index is 0.108. The van der Waals surface area contributed by atoms with E-state index in [1.54, 1.807) is 18.2 Å². The molecule has 1 amide bonds. The monoisotopic (exact) mass is 488 g/mol. The Morgan fingerprint density at radius 1 is 1.09 bits per heavy atom. The van der Waals surface area contributed by atoms with Crippen molar-refractivity contribution in [3.8, 4) is 0 Å². The first-order chi connectivity index (χ1) is 15.7. The molecular weight excluding hydrogens is 456 g/mol. The molecule has 0 radical (unpaired) electrons. The lowest BCUT2D eigenvalue weighted by atomic mass is 10.1. The molecule has 2 aromatic carbocycles. The van der Waals surface area contributed by atoms with Gasteiger partial charge in [-0.2, -0.15) is 4.31 Å². The van der Waals surface area contributed by atoms with Crippen molar-refractivity contribution in [1.29, 1.82) is 0 Å². The van der Waals surface area contributed by atoms with E-state index in [9.17, 15) is 13.2 Å². The summed E-state index contributed by atoms with van der Waals surface area (Å²) in [5.41, 5.74) is 3.44. The molecule has 1 aromatic heterocycles. The summed E-state index contributed by atoms with van der Waals surface area (Å²) in [5, 5.41) is 3.27. The van der Waals surface area contributed by atoms with Crippen molar-refractivity contribution in [2.75, 3.05) is 18.4 Å². The predicted molar refractivity (Wildman–Crippen MR) is 135 cm³/mol. The van der Waals surface area contributed by atoms with Crippen molar-refractivity contribution in [2.45, 2.75) is 62.9 Å². The van der Waals surface area contributed by atoms with Crippen LogP contribution in [-0.2, 0) is 27.8 Å². The van der Waals surface area contributed by atoms with Crippen LogP contribution in [0.1, 0.15) is 40.2 Å². The largest absolute Gasteiger partial charge is 0.325 e. The Hall–Kier alpha value is -2.36. The molecule has 3 rings (SSSR count). The van der Waals surface area contributed by atoms with Gasteiger partial charge in [0.1, 0.15) is 0 Å². The first-order valence-corrected chi connectivity index (χ1v) is 13.6. The summed E-state index contributed by atoms with van der Waals surface area (Å²) in [4.78, 5) is 17.7. The Morgan fingerprint density at radius 3 is 2.33 bits per heavy atom. The number of hydrogen-bond donors (Lipinski definition) is 1. The number of aryl methyl sites for hydroxylation is 2. The summed E-state index contributed by atoms with van der Waals surface area (Å²) < 4.78 is 29.3. The Labute approximate surface area is 200 Å². The molecule has 7 nitrogen and oxygen atoms in total. The van der Waals surface area contributed by atoms with Gasteiger partial charge < -0.3 is 9.88 Å². The summed E-state index contributed by atoms with van der Waals surface area (Å²) in [6.07, 6.45) is 0.950. The number of carbonyl (C=O) groups excluding carboxylic acids is 1. The van der Waals surface area contributed by atoms with E-state index in [-0.39, 0.29) is 16.1 Å². The van der Waals surface area contributed by atoms with Crippen molar-refractivity contribution in [1.82, 2.24) is 13.9 Å². The summed E-state index contributed by atoms with van der Waals surface area (Å²) in [5.74, 6) is -0.108. The highest BCUT2D eigenvalue weighted by Gasteiger charge is 2.24. The number of thioether (sulfide) groups is 1. The van der Waals surface area contributed by atoms with Gasteiger partial charge in [-0.25, -0.2) is 13.4 Å². The third-order valence-electron chi connectivity index (χ3n) is 5.63. The zero-order valence-electron chi connectivity index (χ0n) is 19.8. The fourth-order valence-corrected chi connectivity index (χ4v) is 6.10. The molecule has 0 fully saturated rings. The molecule has 0 bridgehead atoms. The molecule has 0 aliphatic carbocycles. The molecule has 1 atom stereocenters. The number of hydrogen-bond acceptors (Lipinski definition) is 5. The molecule has 0 spiro atoms. The van der Waals surface area contributed by atoms with Crippen molar-refractivity contribution >= 4 is 44.4 Å². The van der Waals surface area contributed by atoms with Gasteiger partial charge in [-0.1, -0.05) is 44.7 Å². The summed E-state index contributed by atoms with van der Waals surface area (Å²) >= 11 is 1.36. The third kappa shape index (κ3) is 5.42. The van der Waals surface area contributed by atoms with Crippen LogP contribution in [0.25, 0.3) is 11.0 Å². The first-order valence-electron chi connectivity index (χ1n) is 11.3. The Kier molecular flexibility index (Phi) is 8.20. The fourth-order valence-electron chi connectivity index (χ4n) is 3.64. The Morgan fingerprint density at radius 2 is 1.76 bits per heavy atom.